The first-order valence-corrected chi connectivity index (χ1v) is 6.47. The van der Waals surface area contributed by atoms with Crippen LogP contribution in [0.4, 0.5) is 0 Å². The Morgan fingerprint density at radius 1 is 1.18 bits per heavy atom. The van der Waals surface area contributed by atoms with Crippen molar-refractivity contribution in [2.75, 3.05) is 0 Å². The molecular formula is C15H11BrMg. The van der Waals surface area contributed by atoms with Gasteiger partial charge in [0, 0.05) is 5.57 Å². The minimum atomic E-state index is -0.702. The van der Waals surface area contributed by atoms with E-state index in [1.54, 1.807) is 0 Å². The second kappa shape index (κ2) is 8.97. The van der Waals surface area contributed by atoms with Gasteiger partial charge in [-0.05, 0) is 9.61 Å². The minimum absolute atomic E-state index is 0. The van der Waals surface area contributed by atoms with Crippen LogP contribution in [-0.4, -0.2) is 20.4 Å². The number of benzene rings is 1. The van der Waals surface area contributed by atoms with Gasteiger partial charge in [-0.2, -0.15) is 6.42 Å². The smallest absolute Gasteiger partial charge is 0.278 e. The highest BCUT2D eigenvalue weighted by molar-refractivity contribution is 8.93. The molecule has 0 saturated carbocycles. The molecule has 1 atom stereocenters. The molecule has 0 bridgehead atoms. The topological polar surface area (TPSA) is 0 Å². The Hall–Kier alpha value is -1.11. The van der Waals surface area contributed by atoms with Gasteiger partial charge >= 0.3 is 20.4 Å². The molecule has 0 fully saturated rings. The fourth-order valence-corrected chi connectivity index (χ4v) is 2.06. The van der Waals surface area contributed by atoms with E-state index in [4.69, 9.17) is 19.3 Å². The van der Waals surface area contributed by atoms with Gasteiger partial charge in [0.25, 0.3) is 0 Å². The zero-order valence-electron chi connectivity index (χ0n) is 9.39. The second-order valence-corrected chi connectivity index (χ2v) is 4.97. The van der Waals surface area contributed by atoms with E-state index in [2.05, 4.69) is 15.9 Å². The molecule has 2 heteroatoms. The minimum Gasteiger partial charge on any atom is -0.278 e. The van der Waals surface area contributed by atoms with Crippen molar-refractivity contribution < 1.29 is 0 Å². The van der Waals surface area contributed by atoms with E-state index in [0.29, 0.717) is 0 Å². The molecule has 0 aliphatic carbocycles. The third kappa shape index (κ3) is 5.16. The largest absolute Gasteiger partial charge is 0.501 e. The maximum Gasteiger partial charge on any atom is 0.501 e. The van der Waals surface area contributed by atoms with Crippen LogP contribution >= 0.6 is 17.0 Å². The van der Waals surface area contributed by atoms with E-state index in [0.717, 1.165) is 11.1 Å². The van der Waals surface area contributed by atoms with Crippen molar-refractivity contribution in [3.63, 3.8) is 0 Å². The molecular weight excluding hydrogens is 284 g/mol. The van der Waals surface area contributed by atoms with Crippen molar-refractivity contribution in [2.24, 2.45) is 0 Å². The van der Waals surface area contributed by atoms with Gasteiger partial charge in [-0.25, -0.2) is 0 Å². The first-order valence-electron chi connectivity index (χ1n) is 4.95. The molecule has 0 amide bonds. The molecule has 0 aliphatic rings. The van der Waals surface area contributed by atoms with Crippen molar-refractivity contribution in [1.82, 2.24) is 0 Å². The number of allylic oxidation sites excluding steroid dienone is 2. The first kappa shape index (κ1) is 15.9. The normalized spacial score (nSPS) is 10.8. The summed E-state index contributed by atoms with van der Waals surface area (Å²) >= 11 is -0.702. The summed E-state index contributed by atoms with van der Waals surface area (Å²) < 4.78 is 2.72. The Morgan fingerprint density at radius 3 is 2.29 bits per heavy atom. The van der Waals surface area contributed by atoms with Gasteiger partial charge in [0.1, 0.15) is 0 Å². The molecule has 1 rings (SSSR count). The highest BCUT2D eigenvalue weighted by Gasteiger charge is 2.06. The third-order valence-corrected chi connectivity index (χ3v) is 3.31. The predicted molar refractivity (Wildman–Crippen MR) is 80.7 cm³/mol. The van der Waals surface area contributed by atoms with Crippen LogP contribution in [0.2, 0.25) is 4.05 Å². The molecule has 1 unspecified atom stereocenters. The summed E-state index contributed by atoms with van der Waals surface area (Å²) in [6, 6.07) is 9.79. The Balaban J connectivity index is 0.00000256. The first-order chi connectivity index (χ1) is 7.81. The molecule has 0 radical (unpaired) electrons. The van der Waals surface area contributed by atoms with Crippen LogP contribution in [0.1, 0.15) is 5.56 Å². The molecule has 0 nitrogen and oxygen atoms in total. The highest BCUT2D eigenvalue weighted by Crippen LogP contribution is 2.17. The van der Waals surface area contributed by atoms with Crippen LogP contribution in [0, 0.1) is 35.2 Å². The molecule has 1 aromatic rings. The average molecular weight is 295 g/mol. The lowest BCUT2D eigenvalue weighted by atomic mass is 10.1. The van der Waals surface area contributed by atoms with Gasteiger partial charge < -0.3 is 0 Å². The van der Waals surface area contributed by atoms with E-state index in [1.165, 1.54) is 0 Å². The number of halogens is 1. The lowest BCUT2D eigenvalue weighted by Gasteiger charge is -2.03. The van der Waals surface area contributed by atoms with Crippen LogP contribution < -0.4 is 0 Å². The molecule has 0 saturated heterocycles. The summed E-state index contributed by atoms with van der Waals surface area (Å²) in [4.78, 5) is 0. The van der Waals surface area contributed by atoms with Gasteiger partial charge in [0.15, 0.2) is 0 Å². The second-order valence-electron chi connectivity index (χ2n) is 3.27. The predicted octanol–water partition coefficient (Wildman–Crippen LogP) is 3.00. The molecule has 0 heterocycles. The molecule has 80 valence electrons. The van der Waals surface area contributed by atoms with Crippen molar-refractivity contribution >= 4 is 42.9 Å². The lowest BCUT2D eigenvalue weighted by Crippen LogP contribution is -1.96. The fraction of sp³-hybridized carbons (Fsp3) is 0.0667. The SMILES string of the molecule is Br.C#[C][Mg][CH](C#C)C=C(C#C)c1ccccc1. The van der Waals surface area contributed by atoms with Crippen molar-refractivity contribution in [2.45, 2.75) is 4.05 Å². The van der Waals surface area contributed by atoms with Crippen LogP contribution in [0.5, 0.6) is 0 Å². The van der Waals surface area contributed by atoms with Gasteiger partial charge in [0.05, 0.1) is 0 Å². The Bertz CT molecular complexity index is 494. The molecule has 0 aromatic heterocycles. The third-order valence-electron chi connectivity index (χ3n) is 2.16. The molecule has 0 spiro atoms. The lowest BCUT2D eigenvalue weighted by molar-refractivity contribution is 1.43. The standard InChI is InChI=1S/C13H9.C2H.BrH.Mg/c1-3-5-9-12(4-2)13-10-7-6-8-11-13;1-2;;/h1-2,5-11H;1H;1H;. The Labute approximate surface area is 123 Å². The number of terminal acetylenes is 3. The summed E-state index contributed by atoms with van der Waals surface area (Å²) in [5, 5.41) is 0. The van der Waals surface area contributed by atoms with E-state index < -0.39 is 20.4 Å². The van der Waals surface area contributed by atoms with Crippen LogP contribution in [0.15, 0.2) is 36.4 Å². The quantitative estimate of drug-likeness (QED) is 0.594. The van der Waals surface area contributed by atoms with Gasteiger partial charge in [-0.3, -0.25) is 4.05 Å². The zero-order chi connectivity index (χ0) is 11.8. The summed E-state index contributed by atoms with van der Waals surface area (Å²) in [5.41, 5.74) is 1.84. The molecule has 0 N–H and O–H groups in total. The van der Waals surface area contributed by atoms with Crippen LogP contribution in [-0.2, 0) is 0 Å². The Morgan fingerprint density at radius 2 is 1.82 bits per heavy atom. The number of hydrogen-bond donors (Lipinski definition) is 0. The van der Waals surface area contributed by atoms with Crippen molar-refractivity contribution in [3.8, 4) is 35.2 Å². The van der Waals surface area contributed by atoms with Crippen molar-refractivity contribution in [1.29, 1.82) is 0 Å². The van der Waals surface area contributed by atoms with Crippen LogP contribution in [0.3, 0.4) is 0 Å². The summed E-state index contributed by atoms with van der Waals surface area (Å²) in [6.45, 7) is 0. The molecule has 1 aromatic carbocycles. The van der Waals surface area contributed by atoms with Gasteiger partial charge in [-0.15, -0.1) is 35.7 Å². The van der Waals surface area contributed by atoms with E-state index >= 15 is 0 Å². The summed E-state index contributed by atoms with van der Waals surface area (Å²) in [6.07, 6.45) is 18.1. The monoisotopic (exact) mass is 294 g/mol. The summed E-state index contributed by atoms with van der Waals surface area (Å²) in [7, 11) is 0. The highest BCUT2D eigenvalue weighted by atomic mass is 79.9. The van der Waals surface area contributed by atoms with E-state index in [1.807, 2.05) is 36.4 Å². The molecule has 0 aliphatic heterocycles. The number of rotatable bonds is 3. The molecule has 17 heavy (non-hydrogen) atoms. The fourth-order valence-electron chi connectivity index (χ4n) is 1.34. The van der Waals surface area contributed by atoms with Crippen LogP contribution in [0.25, 0.3) is 5.57 Å². The average Bonchev–Trinajstić information content (AvgIpc) is 2.35. The zero-order valence-corrected chi connectivity index (χ0v) is 12.5. The maximum absolute atomic E-state index is 5.48. The van der Waals surface area contributed by atoms with Gasteiger partial charge in [0.2, 0.25) is 0 Å². The van der Waals surface area contributed by atoms with E-state index in [9.17, 15) is 0 Å². The van der Waals surface area contributed by atoms with E-state index in [-0.39, 0.29) is 21.0 Å². The van der Waals surface area contributed by atoms with Crippen molar-refractivity contribution in [3.05, 3.63) is 42.0 Å². The Kier molecular flexibility index (Phi) is 8.38. The van der Waals surface area contributed by atoms with Gasteiger partial charge in [-0.1, -0.05) is 42.3 Å². The summed E-state index contributed by atoms with van der Waals surface area (Å²) in [5.74, 6) is 5.35. The number of hydrogen-bond acceptors (Lipinski definition) is 0. The maximum atomic E-state index is 5.48.